The number of aromatic amines is 1. The van der Waals surface area contributed by atoms with E-state index in [1.54, 1.807) is 12.1 Å². The van der Waals surface area contributed by atoms with Gasteiger partial charge in [-0.3, -0.25) is 0 Å². The van der Waals surface area contributed by atoms with E-state index >= 15 is 0 Å². The van der Waals surface area contributed by atoms with E-state index in [4.69, 9.17) is 0 Å². The third kappa shape index (κ3) is 2.46. The lowest BCUT2D eigenvalue weighted by molar-refractivity contribution is 0.207. The Labute approximate surface area is 127 Å². The van der Waals surface area contributed by atoms with Gasteiger partial charge in [-0.2, -0.15) is 5.10 Å². The van der Waals surface area contributed by atoms with Gasteiger partial charge in [-0.05, 0) is 23.6 Å². The number of hydrogen-bond acceptors (Lipinski definition) is 3. The van der Waals surface area contributed by atoms with Crippen molar-refractivity contribution in [3.05, 3.63) is 82.0 Å². The average Bonchev–Trinajstić information content (AvgIpc) is 2.96. The van der Waals surface area contributed by atoms with Crippen LogP contribution in [0.25, 0.3) is 5.69 Å². The van der Waals surface area contributed by atoms with E-state index in [2.05, 4.69) is 10.2 Å². The van der Waals surface area contributed by atoms with E-state index < -0.39 is 6.10 Å². The molecule has 0 bridgehead atoms. The third-order valence-corrected chi connectivity index (χ3v) is 3.67. The van der Waals surface area contributed by atoms with Crippen LogP contribution in [-0.4, -0.2) is 19.9 Å². The normalized spacial score (nSPS) is 12.3. The summed E-state index contributed by atoms with van der Waals surface area (Å²) in [5.41, 5.74) is 2.10. The Morgan fingerprint density at radius 3 is 2.55 bits per heavy atom. The molecule has 1 aromatic heterocycles. The van der Waals surface area contributed by atoms with Crippen molar-refractivity contribution in [2.75, 3.05) is 0 Å². The predicted molar refractivity (Wildman–Crippen MR) is 84.1 cm³/mol. The summed E-state index contributed by atoms with van der Waals surface area (Å²) in [7, 11) is 0. The lowest BCUT2D eigenvalue weighted by atomic mass is 10.1. The van der Waals surface area contributed by atoms with Crippen molar-refractivity contribution in [3.8, 4) is 5.69 Å². The molecule has 2 aromatic carbocycles. The summed E-state index contributed by atoms with van der Waals surface area (Å²) >= 11 is 0. The number of aromatic nitrogens is 3. The number of benzene rings is 2. The minimum atomic E-state index is -0.968. The number of H-pyrrole nitrogens is 1. The molecule has 5 heteroatoms. The van der Waals surface area contributed by atoms with E-state index in [9.17, 15) is 9.90 Å². The summed E-state index contributed by atoms with van der Waals surface area (Å²) < 4.78 is 1.44. The lowest BCUT2D eigenvalue weighted by Crippen LogP contribution is -2.20. The van der Waals surface area contributed by atoms with Crippen LogP contribution in [0.4, 0.5) is 0 Å². The van der Waals surface area contributed by atoms with Gasteiger partial charge in [0.25, 0.3) is 0 Å². The number of nitrogens with one attached hydrogen (secondary N) is 1. The molecule has 0 saturated carbocycles. The first-order chi connectivity index (χ1) is 10.7. The van der Waals surface area contributed by atoms with E-state index in [0.29, 0.717) is 5.56 Å². The number of aliphatic hydroxyl groups is 1. The zero-order chi connectivity index (χ0) is 15.5. The number of rotatable bonds is 4. The first-order valence-corrected chi connectivity index (χ1v) is 7.21. The van der Waals surface area contributed by atoms with Gasteiger partial charge in [-0.25, -0.2) is 14.5 Å². The molecule has 0 aliphatic carbocycles. The summed E-state index contributed by atoms with van der Waals surface area (Å²) in [6.07, 6.45) is -0.181. The highest BCUT2D eigenvalue weighted by atomic mass is 16.3. The van der Waals surface area contributed by atoms with Crippen LogP contribution in [0, 0.1) is 0 Å². The van der Waals surface area contributed by atoms with Gasteiger partial charge in [0.1, 0.15) is 6.10 Å². The van der Waals surface area contributed by atoms with Crippen LogP contribution in [0.2, 0.25) is 0 Å². The number of para-hydroxylation sites is 1. The molecule has 3 aromatic rings. The molecule has 1 unspecified atom stereocenters. The zero-order valence-electron chi connectivity index (χ0n) is 12.2. The Kier molecular flexibility index (Phi) is 3.89. The largest absolute Gasteiger partial charge is 0.380 e. The highest BCUT2D eigenvalue weighted by molar-refractivity contribution is 5.42. The van der Waals surface area contributed by atoms with E-state index in [-0.39, 0.29) is 11.5 Å². The quantitative estimate of drug-likeness (QED) is 0.775. The van der Waals surface area contributed by atoms with Crippen molar-refractivity contribution < 1.29 is 5.11 Å². The number of aliphatic hydroxyl groups excluding tert-OH is 1. The topological polar surface area (TPSA) is 70.9 Å². The number of hydrogen-bond donors (Lipinski definition) is 2. The second-order valence-corrected chi connectivity index (χ2v) is 5.02. The Morgan fingerprint density at radius 1 is 1.14 bits per heavy atom. The summed E-state index contributed by atoms with van der Waals surface area (Å²) in [6.45, 7) is 2.03. The molecule has 112 valence electrons. The number of aryl methyl sites for hydroxylation is 1. The molecule has 1 atom stereocenters. The molecule has 0 amide bonds. The van der Waals surface area contributed by atoms with Crippen molar-refractivity contribution in [2.45, 2.75) is 19.4 Å². The second-order valence-electron chi connectivity index (χ2n) is 5.02. The van der Waals surface area contributed by atoms with Gasteiger partial charge in [-0.1, -0.05) is 55.5 Å². The van der Waals surface area contributed by atoms with Gasteiger partial charge in [0.2, 0.25) is 0 Å². The molecule has 1 heterocycles. The fraction of sp³-hybridized carbons (Fsp3) is 0.176. The summed E-state index contributed by atoms with van der Waals surface area (Å²) in [6, 6.07) is 16.8. The standard InChI is InChI=1S/C17H17N3O2/c1-2-12-8-6-7-11-14(12)20-16(18-19-17(20)22)15(21)13-9-4-3-5-10-13/h3-11,15,21H,2H2,1H3,(H,19,22). The van der Waals surface area contributed by atoms with Crippen molar-refractivity contribution in [2.24, 2.45) is 0 Å². The fourth-order valence-electron chi connectivity index (χ4n) is 2.54. The van der Waals surface area contributed by atoms with Gasteiger partial charge >= 0.3 is 5.69 Å². The Hall–Kier alpha value is -2.66. The highest BCUT2D eigenvalue weighted by Gasteiger charge is 2.21. The summed E-state index contributed by atoms with van der Waals surface area (Å²) in [4.78, 5) is 12.2. The van der Waals surface area contributed by atoms with Crippen LogP contribution >= 0.6 is 0 Å². The van der Waals surface area contributed by atoms with Gasteiger partial charge < -0.3 is 5.11 Å². The van der Waals surface area contributed by atoms with E-state index in [0.717, 1.165) is 17.7 Å². The van der Waals surface area contributed by atoms with Crippen LogP contribution in [0.3, 0.4) is 0 Å². The maximum atomic E-state index is 12.2. The van der Waals surface area contributed by atoms with Gasteiger partial charge in [0, 0.05) is 0 Å². The fourth-order valence-corrected chi connectivity index (χ4v) is 2.54. The SMILES string of the molecule is CCc1ccccc1-n1c(C(O)c2ccccc2)n[nH]c1=O. The van der Waals surface area contributed by atoms with E-state index in [1.165, 1.54) is 4.57 Å². The molecule has 5 nitrogen and oxygen atoms in total. The molecule has 0 saturated heterocycles. The predicted octanol–water partition coefficient (Wildman–Crippen LogP) is 2.20. The molecule has 0 aliphatic rings. The molecular weight excluding hydrogens is 278 g/mol. The van der Waals surface area contributed by atoms with Crippen molar-refractivity contribution >= 4 is 0 Å². The summed E-state index contributed by atoms with van der Waals surface area (Å²) in [5, 5.41) is 17.0. The molecule has 3 rings (SSSR count). The average molecular weight is 295 g/mol. The first kappa shape index (κ1) is 14.3. The molecule has 0 radical (unpaired) electrons. The minimum absolute atomic E-state index is 0.289. The molecule has 22 heavy (non-hydrogen) atoms. The Balaban J connectivity index is 2.15. The first-order valence-electron chi connectivity index (χ1n) is 7.21. The molecule has 0 fully saturated rings. The van der Waals surface area contributed by atoms with Crippen LogP contribution in [0.1, 0.15) is 30.0 Å². The van der Waals surface area contributed by atoms with Gasteiger partial charge in [-0.15, -0.1) is 0 Å². The van der Waals surface area contributed by atoms with Crippen molar-refractivity contribution in [1.29, 1.82) is 0 Å². The van der Waals surface area contributed by atoms with Crippen LogP contribution in [0.15, 0.2) is 59.4 Å². The monoisotopic (exact) mass is 295 g/mol. The van der Waals surface area contributed by atoms with Gasteiger partial charge in [0.15, 0.2) is 5.82 Å². The number of nitrogens with zero attached hydrogens (tertiary/aromatic N) is 2. The van der Waals surface area contributed by atoms with Crippen molar-refractivity contribution in [3.63, 3.8) is 0 Å². The zero-order valence-corrected chi connectivity index (χ0v) is 12.2. The summed E-state index contributed by atoms with van der Waals surface area (Å²) in [5.74, 6) is 0.289. The molecule has 0 aliphatic heterocycles. The Bertz CT molecular complexity index is 821. The highest BCUT2D eigenvalue weighted by Crippen LogP contribution is 2.22. The lowest BCUT2D eigenvalue weighted by Gasteiger charge is -2.14. The van der Waals surface area contributed by atoms with Crippen molar-refractivity contribution in [1.82, 2.24) is 14.8 Å². The van der Waals surface area contributed by atoms with Gasteiger partial charge in [0.05, 0.1) is 5.69 Å². The third-order valence-electron chi connectivity index (χ3n) is 3.67. The maximum Gasteiger partial charge on any atom is 0.348 e. The molecule has 2 N–H and O–H groups in total. The van der Waals surface area contributed by atoms with Crippen LogP contribution < -0.4 is 5.69 Å². The Morgan fingerprint density at radius 2 is 1.82 bits per heavy atom. The minimum Gasteiger partial charge on any atom is -0.380 e. The second kappa shape index (κ2) is 5.99. The molecule has 0 spiro atoms. The van der Waals surface area contributed by atoms with Crippen LogP contribution in [0.5, 0.6) is 0 Å². The maximum absolute atomic E-state index is 12.2. The smallest absolute Gasteiger partial charge is 0.348 e. The van der Waals surface area contributed by atoms with E-state index in [1.807, 2.05) is 49.4 Å². The molecular formula is C17H17N3O2. The van der Waals surface area contributed by atoms with Crippen LogP contribution in [-0.2, 0) is 6.42 Å².